The average molecular weight is 499 g/mol. The minimum atomic E-state index is -0.128. The Morgan fingerprint density at radius 3 is 2.22 bits per heavy atom. The van der Waals surface area contributed by atoms with Gasteiger partial charge in [-0.1, -0.05) is 6.07 Å². The molecule has 36 heavy (non-hydrogen) atoms. The first-order chi connectivity index (χ1) is 17.5. The molecule has 5 rings (SSSR count). The molecule has 1 N–H and O–H groups in total. The van der Waals surface area contributed by atoms with Gasteiger partial charge in [-0.3, -0.25) is 4.98 Å². The fourth-order valence-electron chi connectivity index (χ4n) is 4.76. The molecule has 1 aliphatic heterocycles. The molecular formula is C29H30N4O2S. The maximum absolute atomic E-state index is 5.91. The summed E-state index contributed by atoms with van der Waals surface area (Å²) < 4.78 is 13.5. The number of anilines is 1. The van der Waals surface area contributed by atoms with Crippen LogP contribution < -0.4 is 19.7 Å². The first-order valence-corrected chi connectivity index (χ1v) is 12.5. The van der Waals surface area contributed by atoms with E-state index in [1.807, 2.05) is 62.5 Å². The third-order valence-electron chi connectivity index (χ3n) is 6.32. The summed E-state index contributed by atoms with van der Waals surface area (Å²) in [6.45, 7) is 6.17. The second-order valence-electron chi connectivity index (χ2n) is 9.09. The van der Waals surface area contributed by atoms with Crippen LogP contribution in [-0.4, -0.2) is 27.9 Å². The summed E-state index contributed by atoms with van der Waals surface area (Å²) in [5.41, 5.74) is 5.24. The van der Waals surface area contributed by atoms with Gasteiger partial charge in [0.05, 0.1) is 24.9 Å². The molecule has 1 fully saturated rings. The highest BCUT2D eigenvalue weighted by Crippen LogP contribution is 2.43. The summed E-state index contributed by atoms with van der Waals surface area (Å²) in [6.07, 6.45) is 1.94. The van der Waals surface area contributed by atoms with Crippen molar-refractivity contribution in [1.82, 2.24) is 14.9 Å². The minimum Gasteiger partial charge on any atom is -0.497 e. The zero-order chi connectivity index (χ0) is 25.2. The van der Waals surface area contributed by atoms with Gasteiger partial charge in [-0.05, 0) is 106 Å². The Labute approximate surface area is 217 Å². The zero-order valence-corrected chi connectivity index (χ0v) is 21.7. The number of hydrogen-bond acceptors (Lipinski definition) is 4. The Hall–Kier alpha value is -3.84. The number of ether oxygens (including phenoxy) is 2. The molecule has 2 atom stereocenters. The second-order valence-corrected chi connectivity index (χ2v) is 9.48. The predicted octanol–water partition coefficient (Wildman–Crippen LogP) is 6.15. The first kappa shape index (κ1) is 23.9. The lowest BCUT2D eigenvalue weighted by molar-refractivity contribution is 0.242. The number of nitrogens with zero attached hydrogens (tertiary/aromatic N) is 3. The van der Waals surface area contributed by atoms with Crippen molar-refractivity contribution in [2.45, 2.75) is 39.0 Å². The van der Waals surface area contributed by atoms with Crippen LogP contribution in [-0.2, 0) is 0 Å². The van der Waals surface area contributed by atoms with Gasteiger partial charge in [0, 0.05) is 29.0 Å². The molecule has 3 heterocycles. The van der Waals surface area contributed by atoms with Crippen LogP contribution in [0, 0.1) is 6.92 Å². The van der Waals surface area contributed by atoms with Crippen LogP contribution in [0.15, 0.2) is 85.1 Å². The number of aryl methyl sites for hydroxylation is 1. The molecule has 0 saturated carbocycles. The van der Waals surface area contributed by atoms with Gasteiger partial charge >= 0.3 is 0 Å². The van der Waals surface area contributed by atoms with Gasteiger partial charge in [0.2, 0.25) is 0 Å². The minimum absolute atomic E-state index is 0.113. The Morgan fingerprint density at radius 2 is 1.58 bits per heavy atom. The van der Waals surface area contributed by atoms with Gasteiger partial charge in [-0.2, -0.15) is 0 Å². The Balaban J connectivity index is 1.62. The van der Waals surface area contributed by atoms with E-state index in [0.29, 0.717) is 5.11 Å². The van der Waals surface area contributed by atoms with Gasteiger partial charge in [0.15, 0.2) is 5.11 Å². The highest BCUT2D eigenvalue weighted by atomic mass is 32.1. The van der Waals surface area contributed by atoms with Crippen LogP contribution in [0.2, 0.25) is 0 Å². The normalized spacial score (nSPS) is 17.4. The molecule has 4 aromatic rings. The molecular weight excluding hydrogens is 468 g/mol. The van der Waals surface area contributed by atoms with Crippen molar-refractivity contribution in [1.29, 1.82) is 0 Å². The highest BCUT2D eigenvalue weighted by molar-refractivity contribution is 7.80. The molecule has 0 radical (unpaired) electrons. The van der Waals surface area contributed by atoms with Crippen LogP contribution in [0.25, 0.3) is 5.69 Å². The monoisotopic (exact) mass is 498 g/mol. The Morgan fingerprint density at radius 1 is 0.889 bits per heavy atom. The van der Waals surface area contributed by atoms with E-state index >= 15 is 0 Å². The van der Waals surface area contributed by atoms with E-state index in [2.05, 4.69) is 63.1 Å². The number of aromatic nitrogens is 2. The van der Waals surface area contributed by atoms with Crippen molar-refractivity contribution in [3.8, 4) is 17.2 Å². The molecule has 7 heteroatoms. The molecule has 2 unspecified atom stereocenters. The smallest absolute Gasteiger partial charge is 0.174 e. The summed E-state index contributed by atoms with van der Waals surface area (Å²) in [4.78, 5) is 6.87. The number of nitrogens with one attached hydrogen (secondary N) is 1. The number of methoxy groups -OCH3 is 1. The van der Waals surface area contributed by atoms with E-state index < -0.39 is 0 Å². The number of hydrogen-bond donors (Lipinski definition) is 1. The standard InChI is InChI=1S/C29H30N4O2S/c1-19(2)35-24-15-11-22(12-16-24)33-28(27(31-29(33)36)25-7-5-6-18-30-25)26-17-8-20(3)32(26)21-9-13-23(34-4)14-10-21/h5-19,27-28H,1-4H3,(H,31,36). The average Bonchev–Trinajstić information content (AvgIpc) is 3.44. The molecule has 184 valence electrons. The topological polar surface area (TPSA) is 51.5 Å². The van der Waals surface area contributed by atoms with Crippen molar-refractivity contribution >= 4 is 23.0 Å². The van der Waals surface area contributed by atoms with Crippen LogP contribution >= 0.6 is 12.2 Å². The summed E-state index contributed by atoms with van der Waals surface area (Å²) in [5, 5.41) is 4.21. The molecule has 2 aromatic carbocycles. The lowest BCUT2D eigenvalue weighted by Gasteiger charge is -2.29. The molecule has 6 nitrogen and oxygen atoms in total. The SMILES string of the molecule is COc1ccc(-n2c(C)ccc2C2C(c3ccccn3)NC(=S)N2c2ccc(OC(C)C)cc2)cc1. The second kappa shape index (κ2) is 10.0. The maximum Gasteiger partial charge on any atom is 0.174 e. The molecule has 1 saturated heterocycles. The quantitative estimate of drug-likeness (QED) is 0.308. The number of benzene rings is 2. The van der Waals surface area contributed by atoms with E-state index in [4.69, 9.17) is 21.7 Å². The first-order valence-electron chi connectivity index (χ1n) is 12.1. The maximum atomic E-state index is 5.91. The van der Waals surface area contributed by atoms with E-state index in [9.17, 15) is 0 Å². The van der Waals surface area contributed by atoms with Crippen molar-refractivity contribution in [2.75, 3.05) is 12.0 Å². The van der Waals surface area contributed by atoms with Crippen LogP contribution in [0.3, 0.4) is 0 Å². The van der Waals surface area contributed by atoms with Gasteiger partial charge in [-0.15, -0.1) is 0 Å². The summed E-state index contributed by atoms with van der Waals surface area (Å²) >= 11 is 5.91. The summed E-state index contributed by atoms with van der Waals surface area (Å²) in [7, 11) is 1.68. The summed E-state index contributed by atoms with van der Waals surface area (Å²) in [5.74, 6) is 1.66. The zero-order valence-electron chi connectivity index (χ0n) is 20.9. The Bertz CT molecular complexity index is 1330. The largest absolute Gasteiger partial charge is 0.497 e. The molecule has 0 bridgehead atoms. The molecule has 0 amide bonds. The van der Waals surface area contributed by atoms with Crippen molar-refractivity contribution in [3.63, 3.8) is 0 Å². The summed E-state index contributed by atoms with van der Waals surface area (Å²) in [6, 6.07) is 26.3. The van der Waals surface area contributed by atoms with E-state index in [0.717, 1.165) is 40.0 Å². The predicted molar refractivity (Wildman–Crippen MR) is 147 cm³/mol. The fraction of sp³-hybridized carbons (Fsp3) is 0.241. The highest BCUT2D eigenvalue weighted by Gasteiger charge is 2.42. The number of rotatable bonds is 7. The third kappa shape index (κ3) is 4.54. The lowest BCUT2D eigenvalue weighted by Crippen LogP contribution is -2.30. The van der Waals surface area contributed by atoms with E-state index in [-0.39, 0.29) is 18.2 Å². The van der Waals surface area contributed by atoms with Crippen LogP contribution in [0.5, 0.6) is 11.5 Å². The van der Waals surface area contributed by atoms with Gasteiger partial charge in [-0.25, -0.2) is 0 Å². The van der Waals surface area contributed by atoms with Crippen LogP contribution in [0.4, 0.5) is 5.69 Å². The lowest BCUT2D eigenvalue weighted by atomic mass is 10.0. The van der Waals surface area contributed by atoms with Crippen molar-refractivity contribution in [2.24, 2.45) is 0 Å². The molecule has 0 spiro atoms. The van der Waals surface area contributed by atoms with Crippen molar-refractivity contribution < 1.29 is 9.47 Å². The van der Waals surface area contributed by atoms with Gasteiger partial charge < -0.3 is 24.3 Å². The van der Waals surface area contributed by atoms with Crippen LogP contribution in [0.1, 0.15) is 43.0 Å². The van der Waals surface area contributed by atoms with Gasteiger partial charge in [0.1, 0.15) is 17.5 Å². The van der Waals surface area contributed by atoms with E-state index in [1.54, 1.807) is 7.11 Å². The molecule has 0 aliphatic carbocycles. The number of pyridine rings is 1. The molecule has 1 aliphatic rings. The molecule has 2 aromatic heterocycles. The number of thiocarbonyl (C=S) groups is 1. The van der Waals surface area contributed by atoms with E-state index in [1.165, 1.54) is 0 Å². The van der Waals surface area contributed by atoms with Gasteiger partial charge in [0.25, 0.3) is 0 Å². The Kier molecular flexibility index (Phi) is 6.65. The third-order valence-corrected chi connectivity index (χ3v) is 6.64. The fourth-order valence-corrected chi connectivity index (χ4v) is 5.11. The van der Waals surface area contributed by atoms with Crippen molar-refractivity contribution in [3.05, 3.63) is 102 Å².